The highest BCUT2D eigenvalue weighted by atomic mass is 32.2. The summed E-state index contributed by atoms with van der Waals surface area (Å²) in [5.74, 6) is -2.20. The van der Waals surface area contributed by atoms with E-state index in [0.717, 1.165) is 23.9 Å². The zero-order chi connectivity index (χ0) is 19.7. The molecule has 0 fully saturated rings. The fourth-order valence-corrected chi connectivity index (χ4v) is 3.78. The molecule has 0 aliphatic heterocycles. The van der Waals surface area contributed by atoms with Crippen LogP contribution in [0.1, 0.15) is 5.56 Å². The smallest absolute Gasteiger partial charge is 0.266 e. The van der Waals surface area contributed by atoms with Crippen LogP contribution in [0.3, 0.4) is 0 Å². The van der Waals surface area contributed by atoms with E-state index in [1.807, 2.05) is 0 Å². The fraction of sp³-hybridized carbons (Fsp3) is 0.0476. The Hall–Kier alpha value is -3.06. The maximum Gasteiger partial charge on any atom is 0.266 e. The molecule has 0 N–H and O–H groups in total. The van der Waals surface area contributed by atoms with Crippen molar-refractivity contribution in [3.8, 4) is 5.69 Å². The van der Waals surface area contributed by atoms with Crippen LogP contribution in [0, 0.1) is 17.5 Å². The van der Waals surface area contributed by atoms with E-state index in [2.05, 4.69) is 4.98 Å². The number of fused-ring (bicyclic) bond motifs is 1. The molecule has 3 aromatic carbocycles. The second-order valence-electron chi connectivity index (χ2n) is 6.04. The number of para-hydroxylation sites is 2. The van der Waals surface area contributed by atoms with Crippen molar-refractivity contribution in [2.24, 2.45) is 0 Å². The Labute approximate surface area is 162 Å². The average molecular weight is 398 g/mol. The number of aromatic nitrogens is 2. The monoisotopic (exact) mass is 398 g/mol. The van der Waals surface area contributed by atoms with Crippen molar-refractivity contribution in [3.63, 3.8) is 0 Å². The van der Waals surface area contributed by atoms with E-state index >= 15 is 0 Å². The third-order valence-electron chi connectivity index (χ3n) is 4.19. The lowest BCUT2D eigenvalue weighted by atomic mass is 10.2. The first-order valence-corrected chi connectivity index (χ1v) is 9.36. The molecule has 4 rings (SSSR count). The predicted octanol–water partition coefficient (Wildman–Crippen LogP) is 5.10. The minimum atomic E-state index is -0.948. The average Bonchev–Trinajstić information content (AvgIpc) is 2.70. The van der Waals surface area contributed by atoms with Crippen molar-refractivity contribution >= 4 is 22.7 Å². The second-order valence-corrected chi connectivity index (χ2v) is 6.98. The molecular weight excluding hydrogens is 385 g/mol. The van der Waals surface area contributed by atoms with Crippen LogP contribution in [-0.2, 0) is 5.75 Å². The van der Waals surface area contributed by atoms with Gasteiger partial charge >= 0.3 is 0 Å². The summed E-state index contributed by atoms with van der Waals surface area (Å²) in [4.78, 5) is 17.5. The van der Waals surface area contributed by atoms with Crippen LogP contribution < -0.4 is 5.56 Å². The predicted molar refractivity (Wildman–Crippen MR) is 103 cm³/mol. The summed E-state index contributed by atoms with van der Waals surface area (Å²) in [6.45, 7) is 0. The van der Waals surface area contributed by atoms with Gasteiger partial charge in [-0.15, -0.1) is 0 Å². The van der Waals surface area contributed by atoms with E-state index in [1.54, 1.807) is 30.3 Å². The zero-order valence-electron chi connectivity index (χ0n) is 14.4. The van der Waals surface area contributed by atoms with Crippen molar-refractivity contribution in [1.82, 2.24) is 9.55 Å². The summed E-state index contributed by atoms with van der Waals surface area (Å²) in [7, 11) is 0. The molecule has 140 valence electrons. The lowest BCUT2D eigenvalue weighted by Gasteiger charge is -2.14. The van der Waals surface area contributed by atoms with E-state index < -0.39 is 23.0 Å². The second kappa shape index (κ2) is 7.52. The molecule has 4 aromatic rings. The minimum absolute atomic E-state index is 0.0820. The summed E-state index contributed by atoms with van der Waals surface area (Å²) in [6, 6.07) is 16.3. The summed E-state index contributed by atoms with van der Waals surface area (Å²) < 4.78 is 42.2. The lowest BCUT2D eigenvalue weighted by Crippen LogP contribution is -2.22. The van der Waals surface area contributed by atoms with Crippen LogP contribution in [0.5, 0.6) is 0 Å². The van der Waals surface area contributed by atoms with Crippen molar-refractivity contribution in [2.45, 2.75) is 10.9 Å². The molecule has 0 unspecified atom stereocenters. The largest absolute Gasteiger partial charge is 0.268 e. The Morgan fingerprint density at radius 1 is 0.857 bits per heavy atom. The summed E-state index contributed by atoms with van der Waals surface area (Å²) in [5, 5.41) is 0.626. The third kappa shape index (κ3) is 3.41. The van der Waals surface area contributed by atoms with Gasteiger partial charge in [-0.05, 0) is 42.0 Å². The van der Waals surface area contributed by atoms with Gasteiger partial charge < -0.3 is 0 Å². The molecule has 0 atom stereocenters. The summed E-state index contributed by atoms with van der Waals surface area (Å²) in [5.41, 5.74) is 0.682. The van der Waals surface area contributed by atoms with Crippen LogP contribution in [0.15, 0.2) is 76.7 Å². The molecule has 0 aliphatic rings. The Bertz CT molecular complexity index is 1240. The zero-order valence-corrected chi connectivity index (χ0v) is 15.2. The molecular formula is C21H13F3N2OS. The lowest BCUT2D eigenvalue weighted by molar-refractivity contribution is 0.507. The van der Waals surface area contributed by atoms with Gasteiger partial charge in [0.2, 0.25) is 0 Å². The van der Waals surface area contributed by atoms with Gasteiger partial charge in [-0.2, -0.15) is 0 Å². The molecule has 1 heterocycles. The number of hydrogen-bond donors (Lipinski definition) is 0. The Balaban J connectivity index is 1.84. The normalized spacial score (nSPS) is 11.1. The van der Waals surface area contributed by atoms with E-state index in [0.29, 0.717) is 16.5 Å². The quantitative estimate of drug-likeness (QED) is 0.355. The number of rotatable bonds is 4. The van der Waals surface area contributed by atoms with Crippen molar-refractivity contribution in [3.05, 3.63) is 100 Å². The Morgan fingerprint density at radius 3 is 2.39 bits per heavy atom. The molecule has 1 aromatic heterocycles. The first kappa shape index (κ1) is 18.3. The van der Waals surface area contributed by atoms with E-state index in [4.69, 9.17) is 0 Å². The summed E-state index contributed by atoms with van der Waals surface area (Å²) >= 11 is 1.14. The van der Waals surface area contributed by atoms with E-state index in [9.17, 15) is 18.0 Å². The maximum atomic E-state index is 14.4. The molecule has 0 aliphatic carbocycles. The number of nitrogens with zero attached hydrogens (tertiary/aromatic N) is 2. The van der Waals surface area contributed by atoms with Crippen LogP contribution >= 0.6 is 11.8 Å². The molecule has 0 amide bonds. The first-order chi connectivity index (χ1) is 13.5. The van der Waals surface area contributed by atoms with Gasteiger partial charge in [0.15, 0.2) is 16.8 Å². The topological polar surface area (TPSA) is 34.9 Å². The Kier molecular flexibility index (Phi) is 4.92. The molecule has 0 saturated carbocycles. The number of hydrogen-bond acceptors (Lipinski definition) is 3. The van der Waals surface area contributed by atoms with Gasteiger partial charge in [0, 0.05) is 5.75 Å². The highest BCUT2D eigenvalue weighted by Gasteiger charge is 2.16. The van der Waals surface area contributed by atoms with Gasteiger partial charge in [0.05, 0.1) is 16.6 Å². The number of benzene rings is 3. The molecule has 3 nitrogen and oxygen atoms in total. The van der Waals surface area contributed by atoms with Crippen molar-refractivity contribution in [1.29, 1.82) is 0 Å². The van der Waals surface area contributed by atoms with E-state index in [1.165, 1.54) is 28.8 Å². The van der Waals surface area contributed by atoms with Gasteiger partial charge in [-0.3, -0.25) is 9.36 Å². The SMILES string of the molecule is O=c1c2ccccc2nc(SCc2ccc(F)c(F)c2)n1-c1ccccc1F. The van der Waals surface area contributed by atoms with Crippen LogP contribution in [0.2, 0.25) is 0 Å². The minimum Gasteiger partial charge on any atom is -0.268 e. The van der Waals surface area contributed by atoms with Gasteiger partial charge in [-0.25, -0.2) is 18.2 Å². The van der Waals surface area contributed by atoms with Crippen molar-refractivity contribution in [2.75, 3.05) is 0 Å². The number of halogens is 3. The van der Waals surface area contributed by atoms with Crippen LogP contribution in [-0.4, -0.2) is 9.55 Å². The molecule has 0 spiro atoms. The number of thioether (sulfide) groups is 1. The summed E-state index contributed by atoms with van der Waals surface area (Å²) in [6.07, 6.45) is 0. The van der Waals surface area contributed by atoms with Crippen LogP contribution in [0.25, 0.3) is 16.6 Å². The fourth-order valence-electron chi connectivity index (χ4n) is 2.83. The maximum absolute atomic E-state index is 14.4. The van der Waals surface area contributed by atoms with E-state index in [-0.39, 0.29) is 16.6 Å². The molecule has 0 saturated heterocycles. The van der Waals surface area contributed by atoms with Gasteiger partial charge in [-0.1, -0.05) is 42.1 Å². The van der Waals surface area contributed by atoms with Gasteiger partial charge in [0.25, 0.3) is 5.56 Å². The molecule has 7 heteroatoms. The third-order valence-corrected chi connectivity index (χ3v) is 5.20. The van der Waals surface area contributed by atoms with Crippen molar-refractivity contribution < 1.29 is 13.2 Å². The highest BCUT2D eigenvalue weighted by molar-refractivity contribution is 7.98. The standard InChI is InChI=1S/C21H13F3N2OS/c22-15-10-9-13(11-17(15)24)12-28-21-25-18-7-3-1-5-14(18)20(27)26(21)19-8-4-2-6-16(19)23/h1-11H,12H2. The first-order valence-electron chi connectivity index (χ1n) is 8.38. The van der Waals surface area contributed by atoms with Crippen LogP contribution in [0.4, 0.5) is 13.2 Å². The molecule has 28 heavy (non-hydrogen) atoms. The van der Waals surface area contributed by atoms with Gasteiger partial charge in [0.1, 0.15) is 5.82 Å². The molecule has 0 bridgehead atoms. The molecule has 0 radical (unpaired) electrons. The Morgan fingerprint density at radius 2 is 1.61 bits per heavy atom. The highest BCUT2D eigenvalue weighted by Crippen LogP contribution is 2.26.